The van der Waals surface area contributed by atoms with Gasteiger partial charge in [-0.2, -0.15) is 0 Å². The highest BCUT2D eigenvalue weighted by molar-refractivity contribution is 6.10. The molecule has 25 heavy (non-hydrogen) atoms. The number of para-hydroxylation sites is 2. The quantitative estimate of drug-likeness (QED) is 0.741. The first kappa shape index (κ1) is 18.8. The lowest BCUT2D eigenvalue weighted by atomic mass is 9.92. The summed E-state index contributed by atoms with van der Waals surface area (Å²) in [5.74, 6) is 0.105. The summed E-state index contributed by atoms with van der Waals surface area (Å²) in [6.45, 7) is 5.49. The maximum Gasteiger partial charge on any atom is 0.325 e. The molecule has 0 aromatic heterocycles. The Balaban J connectivity index is 2.03. The molecule has 7 nitrogen and oxygen atoms in total. The number of methoxy groups -OCH3 is 1. The van der Waals surface area contributed by atoms with Crippen LogP contribution < -0.4 is 15.4 Å². The topological polar surface area (TPSA) is 87.7 Å². The maximum atomic E-state index is 12.6. The Morgan fingerprint density at radius 2 is 2.00 bits per heavy atom. The average molecular weight is 347 g/mol. The van der Waals surface area contributed by atoms with Crippen LogP contribution in [0, 0.1) is 5.92 Å². The van der Waals surface area contributed by atoms with Crippen molar-refractivity contribution in [1.82, 2.24) is 10.2 Å². The summed E-state index contributed by atoms with van der Waals surface area (Å²) in [6.07, 6.45) is 1.35. The van der Waals surface area contributed by atoms with Gasteiger partial charge in [-0.1, -0.05) is 26.0 Å². The van der Waals surface area contributed by atoms with Gasteiger partial charge in [0.25, 0.3) is 5.91 Å². The fourth-order valence-corrected chi connectivity index (χ4v) is 2.72. The van der Waals surface area contributed by atoms with Gasteiger partial charge < -0.3 is 15.4 Å². The lowest BCUT2D eigenvalue weighted by Gasteiger charge is -2.22. The Kier molecular flexibility index (Phi) is 5.66. The Hall–Kier alpha value is -2.57. The SMILES string of the molecule is COc1ccccc1NC(=O)CN1C(=O)N[C@](C)(CCC(C)C)C1=O. The van der Waals surface area contributed by atoms with Gasteiger partial charge in [0, 0.05) is 0 Å². The Morgan fingerprint density at radius 3 is 2.64 bits per heavy atom. The normalized spacial score (nSPS) is 20.0. The van der Waals surface area contributed by atoms with Gasteiger partial charge >= 0.3 is 6.03 Å². The van der Waals surface area contributed by atoms with Crippen LogP contribution in [0.25, 0.3) is 0 Å². The van der Waals surface area contributed by atoms with Crippen LogP contribution in [0.2, 0.25) is 0 Å². The van der Waals surface area contributed by atoms with Crippen molar-refractivity contribution in [3.8, 4) is 5.75 Å². The minimum Gasteiger partial charge on any atom is -0.495 e. The number of carbonyl (C=O) groups is 3. The molecule has 0 saturated carbocycles. The number of hydrogen-bond acceptors (Lipinski definition) is 4. The van der Waals surface area contributed by atoms with E-state index in [1.807, 2.05) is 0 Å². The second-order valence-corrected chi connectivity index (χ2v) is 6.83. The summed E-state index contributed by atoms with van der Waals surface area (Å²) in [6, 6.07) is 6.41. The number of urea groups is 1. The molecular weight excluding hydrogens is 322 g/mol. The number of anilines is 1. The Morgan fingerprint density at radius 1 is 1.32 bits per heavy atom. The van der Waals surface area contributed by atoms with Crippen LogP contribution in [0.3, 0.4) is 0 Å². The summed E-state index contributed by atoms with van der Waals surface area (Å²) in [4.78, 5) is 38.0. The molecule has 1 aliphatic rings. The number of nitrogens with one attached hydrogen (secondary N) is 2. The molecule has 1 atom stereocenters. The lowest BCUT2D eigenvalue weighted by Crippen LogP contribution is -2.44. The number of hydrogen-bond donors (Lipinski definition) is 2. The summed E-state index contributed by atoms with van der Waals surface area (Å²) >= 11 is 0. The van der Waals surface area contributed by atoms with Crippen LogP contribution in [0.15, 0.2) is 24.3 Å². The van der Waals surface area contributed by atoms with Crippen molar-refractivity contribution in [2.45, 2.75) is 39.2 Å². The molecule has 1 aromatic carbocycles. The highest BCUT2D eigenvalue weighted by Gasteiger charge is 2.47. The van der Waals surface area contributed by atoms with Crippen LogP contribution in [0.5, 0.6) is 5.75 Å². The number of nitrogens with zero attached hydrogens (tertiary/aromatic N) is 1. The van der Waals surface area contributed by atoms with Crippen LogP contribution in [-0.4, -0.2) is 41.9 Å². The van der Waals surface area contributed by atoms with Gasteiger partial charge in [0.2, 0.25) is 5.91 Å². The number of ether oxygens (including phenoxy) is 1. The van der Waals surface area contributed by atoms with Gasteiger partial charge in [-0.3, -0.25) is 14.5 Å². The minimum atomic E-state index is -0.952. The van der Waals surface area contributed by atoms with E-state index >= 15 is 0 Å². The number of imide groups is 1. The maximum absolute atomic E-state index is 12.6. The minimum absolute atomic E-state index is 0.333. The van der Waals surface area contributed by atoms with E-state index in [-0.39, 0.29) is 12.5 Å². The molecule has 4 amide bonds. The van der Waals surface area contributed by atoms with E-state index in [1.165, 1.54) is 7.11 Å². The van der Waals surface area contributed by atoms with Gasteiger partial charge in [-0.25, -0.2) is 4.79 Å². The summed E-state index contributed by atoms with van der Waals surface area (Å²) in [7, 11) is 1.50. The fourth-order valence-electron chi connectivity index (χ4n) is 2.72. The average Bonchev–Trinajstić information content (AvgIpc) is 2.77. The molecule has 1 heterocycles. The van der Waals surface area contributed by atoms with Crippen molar-refractivity contribution < 1.29 is 19.1 Å². The second kappa shape index (κ2) is 7.55. The molecular formula is C18H25N3O4. The van der Waals surface area contributed by atoms with Crippen molar-refractivity contribution >= 4 is 23.5 Å². The van der Waals surface area contributed by atoms with Gasteiger partial charge in [-0.15, -0.1) is 0 Å². The first-order valence-corrected chi connectivity index (χ1v) is 8.34. The zero-order valence-corrected chi connectivity index (χ0v) is 15.1. The molecule has 1 saturated heterocycles. The van der Waals surface area contributed by atoms with Crippen molar-refractivity contribution in [3.05, 3.63) is 24.3 Å². The molecule has 7 heteroatoms. The number of amides is 4. The molecule has 136 valence electrons. The Bertz CT molecular complexity index is 674. The predicted molar refractivity (Wildman–Crippen MR) is 94.3 cm³/mol. The first-order valence-electron chi connectivity index (χ1n) is 8.34. The smallest absolute Gasteiger partial charge is 0.325 e. The molecule has 0 radical (unpaired) electrons. The van der Waals surface area contributed by atoms with Crippen LogP contribution in [-0.2, 0) is 9.59 Å². The van der Waals surface area contributed by atoms with Gasteiger partial charge in [-0.05, 0) is 37.8 Å². The second-order valence-electron chi connectivity index (χ2n) is 6.83. The van der Waals surface area contributed by atoms with E-state index in [9.17, 15) is 14.4 Å². The highest BCUT2D eigenvalue weighted by Crippen LogP contribution is 2.26. The highest BCUT2D eigenvalue weighted by atomic mass is 16.5. The fraction of sp³-hybridized carbons (Fsp3) is 0.500. The predicted octanol–water partition coefficient (Wildman–Crippen LogP) is 2.38. The first-order chi connectivity index (χ1) is 11.8. The zero-order valence-electron chi connectivity index (χ0n) is 15.1. The molecule has 1 aromatic rings. The van der Waals surface area contributed by atoms with Gasteiger partial charge in [0.15, 0.2) is 0 Å². The van der Waals surface area contributed by atoms with Crippen molar-refractivity contribution in [2.24, 2.45) is 5.92 Å². The molecule has 2 rings (SSSR count). The molecule has 0 bridgehead atoms. The van der Waals surface area contributed by atoms with Crippen molar-refractivity contribution in [1.29, 1.82) is 0 Å². The van der Waals surface area contributed by atoms with Crippen LogP contribution >= 0.6 is 0 Å². The van der Waals surface area contributed by atoms with E-state index in [0.29, 0.717) is 23.8 Å². The van der Waals surface area contributed by atoms with Crippen molar-refractivity contribution in [2.75, 3.05) is 19.0 Å². The van der Waals surface area contributed by atoms with Crippen LogP contribution in [0.4, 0.5) is 10.5 Å². The van der Waals surface area contributed by atoms with Gasteiger partial charge in [0.1, 0.15) is 17.8 Å². The van der Waals surface area contributed by atoms with E-state index < -0.39 is 17.5 Å². The third-order valence-corrected chi connectivity index (χ3v) is 4.25. The molecule has 0 unspecified atom stereocenters. The standard InChI is InChI=1S/C18H25N3O4/c1-12(2)9-10-18(3)16(23)21(17(24)20-18)11-15(22)19-13-7-5-6-8-14(13)25-4/h5-8,12H,9-11H2,1-4H3,(H,19,22)(H,20,24)/t18-/m1/s1. The summed E-state index contributed by atoms with van der Waals surface area (Å²) in [5, 5.41) is 5.38. The monoisotopic (exact) mass is 347 g/mol. The zero-order chi connectivity index (χ0) is 18.6. The summed E-state index contributed by atoms with van der Waals surface area (Å²) < 4.78 is 5.17. The molecule has 1 fully saturated rings. The Labute approximate surface area is 147 Å². The summed E-state index contributed by atoms with van der Waals surface area (Å²) in [5.41, 5.74) is -0.462. The number of benzene rings is 1. The molecule has 0 spiro atoms. The molecule has 0 aliphatic carbocycles. The number of carbonyl (C=O) groups excluding carboxylic acids is 3. The third kappa shape index (κ3) is 4.29. The molecule has 2 N–H and O–H groups in total. The van der Waals surface area contributed by atoms with E-state index in [4.69, 9.17) is 4.74 Å². The van der Waals surface area contributed by atoms with E-state index in [1.54, 1.807) is 31.2 Å². The lowest BCUT2D eigenvalue weighted by molar-refractivity contribution is -0.133. The van der Waals surface area contributed by atoms with Gasteiger partial charge in [0.05, 0.1) is 12.8 Å². The largest absolute Gasteiger partial charge is 0.495 e. The number of rotatable bonds is 7. The third-order valence-electron chi connectivity index (χ3n) is 4.25. The van der Waals surface area contributed by atoms with E-state index in [2.05, 4.69) is 24.5 Å². The molecule has 1 aliphatic heterocycles. The van der Waals surface area contributed by atoms with Crippen molar-refractivity contribution in [3.63, 3.8) is 0 Å². The van der Waals surface area contributed by atoms with Crippen LogP contribution in [0.1, 0.15) is 33.6 Å². The van der Waals surface area contributed by atoms with E-state index in [0.717, 1.165) is 11.3 Å².